The van der Waals surface area contributed by atoms with Crippen molar-refractivity contribution in [1.29, 1.82) is 0 Å². The van der Waals surface area contributed by atoms with E-state index >= 15 is 0 Å². The average Bonchev–Trinajstić information content (AvgIpc) is 3.41. The Bertz CT molecular complexity index is 1460. The average molecular weight is 433 g/mol. The van der Waals surface area contributed by atoms with E-state index < -0.39 is 5.69 Å². The Morgan fingerprint density at radius 2 is 2.16 bits per heavy atom. The Morgan fingerprint density at radius 1 is 1.31 bits per heavy atom. The molecular weight excluding hydrogens is 410 g/mol. The van der Waals surface area contributed by atoms with E-state index in [1.165, 1.54) is 0 Å². The third kappa shape index (κ3) is 4.04. The fraction of sp³-hybridized carbons (Fsp3) is 0.286. The summed E-state index contributed by atoms with van der Waals surface area (Å²) in [6.07, 6.45) is 5.27. The van der Waals surface area contributed by atoms with Crippen LogP contribution >= 0.6 is 0 Å². The third-order valence-electron chi connectivity index (χ3n) is 5.14. The van der Waals surface area contributed by atoms with E-state index in [-0.39, 0.29) is 17.6 Å². The highest BCUT2D eigenvalue weighted by Gasteiger charge is 2.21. The molecule has 0 radical (unpaired) electrons. The van der Waals surface area contributed by atoms with E-state index in [1.54, 1.807) is 16.8 Å². The van der Waals surface area contributed by atoms with Gasteiger partial charge >= 0.3 is 5.69 Å². The van der Waals surface area contributed by atoms with Gasteiger partial charge in [-0.3, -0.25) is 4.98 Å². The molecule has 3 aromatic heterocycles. The molecule has 1 fully saturated rings. The monoisotopic (exact) mass is 433 g/mol. The van der Waals surface area contributed by atoms with Crippen LogP contribution < -0.4 is 26.7 Å². The summed E-state index contributed by atoms with van der Waals surface area (Å²) in [6.45, 7) is 0.541. The van der Waals surface area contributed by atoms with Crippen molar-refractivity contribution in [2.75, 3.05) is 24.3 Å². The summed E-state index contributed by atoms with van der Waals surface area (Å²) in [5.74, 6) is 0.180. The van der Waals surface area contributed by atoms with Crippen molar-refractivity contribution >= 4 is 23.4 Å². The van der Waals surface area contributed by atoms with Crippen LogP contribution in [-0.4, -0.2) is 54.8 Å². The summed E-state index contributed by atoms with van der Waals surface area (Å²) in [6, 6.07) is 8.45. The van der Waals surface area contributed by atoms with Gasteiger partial charge in [0.05, 0.1) is 12.2 Å². The number of fused-ring (bicyclic) bond motifs is 1. The molecule has 0 amide bonds. The summed E-state index contributed by atoms with van der Waals surface area (Å²) >= 11 is 0. The molecule has 5 rings (SSSR count). The van der Waals surface area contributed by atoms with Gasteiger partial charge in [0.2, 0.25) is 11.8 Å². The Hall–Kier alpha value is -4.15. The quantitative estimate of drug-likeness (QED) is 0.339. The molecule has 4 aromatic rings. The first-order valence-electron chi connectivity index (χ1n) is 10.3. The molecular formula is C21H23N9O2. The van der Waals surface area contributed by atoms with Crippen molar-refractivity contribution in [3.63, 3.8) is 0 Å². The smallest absolute Gasteiger partial charge is 0.326 e. The number of benzene rings is 1. The lowest BCUT2D eigenvalue weighted by Crippen LogP contribution is -2.24. The zero-order valence-corrected chi connectivity index (χ0v) is 17.7. The number of imidazole rings is 1. The number of anilines is 2. The number of rotatable bonds is 6. The van der Waals surface area contributed by atoms with E-state index in [1.807, 2.05) is 37.2 Å². The Kier molecular flexibility index (Phi) is 4.85. The summed E-state index contributed by atoms with van der Waals surface area (Å²) in [5.41, 5.74) is 2.94. The number of hydrogen-bond acceptors (Lipinski definition) is 8. The van der Waals surface area contributed by atoms with Gasteiger partial charge < -0.3 is 20.3 Å². The van der Waals surface area contributed by atoms with Crippen LogP contribution in [0, 0.1) is 0 Å². The van der Waals surface area contributed by atoms with Crippen molar-refractivity contribution < 1.29 is 5.11 Å². The largest absolute Gasteiger partial charge is 0.493 e. The number of nitrogens with one attached hydrogen (secondary N) is 3. The second-order valence-electron chi connectivity index (χ2n) is 7.95. The van der Waals surface area contributed by atoms with Gasteiger partial charge in [-0.25, -0.2) is 9.79 Å². The lowest BCUT2D eigenvalue weighted by Gasteiger charge is -2.13. The molecule has 3 heterocycles. The van der Waals surface area contributed by atoms with Crippen molar-refractivity contribution in [3.05, 3.63) is 63.0 Å². The molecule has 32 heavy (non-hydrogen) atoms. The molecule has 11 nitrogen and oxygen atoms in total. The van der Waals surface area contributed by atoms with Crippen molar-refractivity contribution in [2.24, 2.45) is 4.99 Å². The number of aromatic hydroxyl groups is 1. The van der Waals surface area contributed by atoms with Crippen LogP contribution in [0.2, 0.25) is 0 Å². The van der Waals surface area contributed by atoms with Gasteiger partial charge in [0.25, 0.3) is 5.62 Å². The highest BCUT2D eigenvalue weighted by molar-refractivity contribution is 5.57. The van der Waals surface area contributed by atoms with Crippen LogP contribution in [0.1, 0.15) is 24.1 Å². The lowest BCUT2D eigenvalue weighted by atomic mass is 10.2. The molecule has 0 saturated heterocycles. The van der Waals surface area contributed by atoms with Crippen LogP contribution in [0.25, 0.3) is 11.7 Å². The summed E-state index contributed by atoms with van der Waals surface area (Å²) in [7, 11) is 4.00. The Labute approximate surface area is 182 Å². The number of aromatic nitrogens is 6. The molecule has 1 aliphatic rings. The van der Waals surface area contributed by atoms with E-state index in [2.05, 4.69) is 41.4 Å². The molecule has 0 bridgehead atoms. The first-order chi connectivity index (χ1) is 15.5. The maximum Gasteiger partial charge on any atom is 0.326 e. The SMILES string of the molecule is CN(C)c1cccc(CNc2nc(=NC3CC3)n3ncc(=Cc4[nH]c(=O)[nH]c4O)c3n2)c1. The Morgan fingerprint density at radius 3 is 2.88 bits per heavy atom. The molecule has 1 aliphatic carbocycles. The van der Waals surface area contributed by atoms with E-state index in [9.17, 15) is 9.90 Å². The van der Waals surface area contributed by atoms with Gasteiger partial charge in [-0.2, -0.15) is 19.6 Å². The summed E-state index contributed by atoms with van der Waals surface area (Å²) in [5, 5.41) is 18.2. The molecule has 4 N–H and O–H groups in total. The number of nitrogens with zero attached hydrogens (tertiary/aromatic N) is 6. The predicted molar refractivity (Wildman–Crippen MR) is 119 cm³/mol. The van der Waals surface area contributed by atoms with Crippen LogP contribution in [0.4, 0.5) is 11.6 Å². The first-order valence-corrected chi connectivity index (χ1v) is 10.3. The molecule has 164 valence electrons. The molecule has 0 aliphatic heterocycles. The zero-order chi connectivity index (χ0) is 22.2. The van der Waals surface area contributed by atoms with Gasteiger partial charge in [0.1, 0.15) is 5.69 Å². The van der Waals surface area contributed by atoms with Crippen molar-refractivity contribution in [2.45, 2.75) is 25.4 Å². The molecule has 11 heteroatoms. The van der Waals surface area contributed by atoms with Crippen LogP contribution in [-0.2, 0) is 6.54 Å². The molecule has 0 atom stereocenters. The molecule has 0 unspecified atom stereocenters. The van der Waals surface area contributed by atoms with E-state index in [4.69, 9.17) is 0 Å². The second-order valence-corrected chi connectivity index (χ2v) is 7.95. The normalized spacial score (nSPS) is 14.9. The standard InChI is InChI=1S/C21H23N9O2/c1-29(2)15-5-3-4-12(8-15)10-22-19-26-17-13(9-16-18(31)27-21(32)25-16)11-23-30(17)20(28-19)24-14-6-7-14/h3-5,8-9,11,14,31H,6-7,10H2,1-2H3,(H,22,24,28)(H2,25,27,32). The van der Waals surface area contributed by atoms with Gasteiger partial charge in [0.15, 0.2) is 5.65 Å². The maximum absolute atomic E-state index is 11.5. The van der Waals surface area contributed by atoms with E-state index in [0.29, 0.717) is 29.0 Å². The molecule has 1 saturated carbocycles. The fourth-order valence-corrected chi connectivity index (χ4v) is 3.28. The number of aromatic amines is 2. The third-order valence-corrected chi connectivity index (χ3v) is 5.14. The van der Waals surface area contributed by atoms with Crippen LogP contribution in [0.3, 0.4) is 0 Å². The maximum atomic E-state index is 11.5. The van der Waals surface area contributed by atoms with Crippen molar-refractivity contribution in [3.8, 4) is 5.88 Å². The minimum absolute atomic E-state index is 0.245. The molecule has 1 aromatic carbocycles. The highest BCUT2D eigenvalue weighted by Crippen LogP contribution is 2.22. The van der Waals surface area contributed by atoms with Gasteiger partial charge in [-0.1, -0.05) is 12.1 Å². The van der Waals surface area contributed by atoms with Crippen molar-refractivity contribution in [1.82, 2.24) is 29.5 Å². The summed E-state index contributed by atoms with van der Waals surface area (Å²) < 4.78 is 1.57. The highest BCUT2D eigenvalue weighted by atomic mass is 16.3. The predicted octanol–water partition coefficient (Wildman–Crippen LogP) is 0.135. The van der Waals surface area contributed by atoms with Gasteiger partial charge in [-0.15, -0.1) is 0 Å². The summed E-state index contributed by atoms with van der Waals surface area (Å²) in [4.78, 5) is 32.2. The Balaban J connectivity index is 1.55. The minimum atomic E-state index is -0.494. The fourth-order valence-electron chi connectivity index (χ4n) is 3.28. The second kappa shape index (κ2) is 7.84. The lowest BCUT2D eigenvalue weighted by molar-refractivity contribution is 0.454. The number of hydrogen-bond donors (Lipinski definition) is 4. The van der Waals surface area contributed by atoms with Gasteiger partial charge in [-0.05, 0) is 36.6 Å². The molecule has 0 spiro atoms. The zero-order valence-electron chi connectivity index (χ0n) is 17.7. The van der Waals surface area contributed by atoms with Gasteiger partial charge in [0, 0.05) is 31.5 Å². The minimum Gasteiger partial charge on any atom is -0.493 e. The van der Waals surface area contributed by atoms with Crippen LogP contribution in [0.15, 0.2) is 40.2 Å². The topological polar surface area (TPSA) is 140 Å². The first kappa shape index (κ1) is 19.8. The van der Waals surface area contributed by atoms with E-state index in [0.717, 1.165) is 24.1 Å². The number of H-pyrrole nitrogens is 2. The van der Waals surface area contributed by atoms with Crippen LogP contribution in [0.5, 0.6) is 5.88 Å².